The van der Waals surface area contributed by atoms with Gasteiger partial charge in [0, 0.05) is 63.3 Å². The van der Waals surface area contributed by atoms with Crippen LogP contribution in [0.2, 0.25) is 0 Å². The van der Waals surface area contributed by atoms with Gasteiger partial charge in [0.05, 0.1) is 11.1 Å². The third-order valence-corrected chi connectivity index (χ3v) is 10.9. The molecule has 1 unspecified atom stereocenters. The van der Waals surface area contributed by atoms with Gasteiger partial charge in [-0.3, -0.25) is 14.4 Å². The lowest BCUT2D eigenvalue weighted by molar-refractivity contribution is -0.121. The predicted octanol–water partition coefficient (Wildman–Crippen LogP) is 5.29. The fourth-order valence-electron chi connectivity index (χ4n) is 8.28. The molecule has 2 N–H and O–H groups in total. The van der Waals surface area contributed by atoms with Crippen LogP contribution < -0.4 is 20.4 Å². The first kappa shape index (κ1) is 31.6. The number of halogens is 1. The molecule has 0 bridgehead atoms. The normalized spacial score (nSPS) is 19.3. The highest BCUT2D eigenvalue weighted by atomic mass is 19.1. The standard InChI is InChI=1S/C38H43FN6O4/c1-24-20-40-21-25(24)7-6-10-33(46)41-26-11-16-44(22-26)35-30(39)19-28-34-37(35)49-32-9-3-2-8-31(32)45(34)23-29(36(28)47)38(48)43-17-12-27(13-18-43)42-14-4-5-15-42/h2-3,8-9,19-21,23,26-27,40H,4-7,10-18,22H2,1H3,(H,41,46). The van der Waals surface area contributed by atoms with Crippen molar-refractivity contribution >= 4 is 28.4 Å². The number of carbonyl (C=O) groups is 2. The van der Waals surface area contributed by atoms with Gasteiger partial charge in [-0.25, -0.2) is 4.39 Å². The second kappa shape index (κ2) is 13.0. The minimum absolute atomic E-state index is 0.0168. The zero-order valence-corrected chi connectivity index (χ0v) is 28.0. The number of hydrogen-bond acceptors (Lipinski definition) is 6. The maximum atomic E-state index is 16.3. The molecular formula is C38H43FN6O4. The van der Waals surface area contributed by atoms with E-state index in [0.717, 1.165) is 38.8 Å². The molecule has 8 rings (SSSR count). The molecule has 0 saturated carbocycles. The van der Waals surface area contributed by atoms with E-state index < -0.39 is 11.2 Å². The van der Waals surface area contributed by atoms with Crippen LogP contribution in [-0.4, -0.2) is 82.5 Å². The monoisotopic (exact) mass is 666 g/mol. The summed E-state index contributed by atoms with van der Waals surface area (Å²) in [5, 5.41) is 3.25. The summed E-state index contributed by atoms with van der Waals surface area (Å²) in [6.07, 6.45) is 12.4. The Kier molecular flexibility index (Phi) is 8.39. The van der Waals surface area contributed by atoms with Gasteiger partial charge in [-0.15, -0.1) is 0 Å². The number of ether oxygens (including phenoxy) is 1. The van der Waals surface area contributed by atoms with E-state index in [4.69, 9.17) is 4.74 Å². The Balaban J connectivity index is 1.05. The molecule has 11 heteroatoms. The number of pyridine rings is 1. The number of nitrogens with one attached hydrogen (secondary N) is 2. The molecule has 2 amide bonds. The van der Waals surface area contributed by atoms with E-state index in [1.807, 2.05) is 46.1 Å². The number of anilines is 1. The van der Waals surface area contributed by atoms with Gasteiger partial charge in [-0.2, -0.15) is 0 Å². The van der Waals surface area contributed by atoms with Crippen molar-refractivity contribution in [2.24, 2.45) is 0 Å². The molecule has 0 spiro atoms. The van der Waals surface area contributed by atoms with Crippen LogP contribution in [0.5, 0.6) is 11.5 Å². The molecule has 4 aromatic rings. The number of para-hydroxylation sites is 2. The van der Waals surface area contributed by atoms with E-state index in [1.54, 1.807) is 11.1 Å². The molecule has 256 valence electrons. The van der Waals surface area contributed by atoms with Gasteiger partial charge in [0.15, 0.2) is 17.3 Å². The zero-order valence-electron chi connectivity index (χ0n) is 28.0. The Morgan fingerprint density at radius 1 is 1.04 bits per heavy atom. The largest absolute Gasteiger partial charge is 0.451 e. The van der Waals surface area contributed by atoms with E-state index in [1.165, 1.54) is 30.0 Å². The third kappa shape index (κ3) is 5.88. The van der Waals surface area contributed by atoms with Gasteiger partial charge in [0.2, 0.25) is 11.3 Å². The number of rotatable bonds is 8. The van der Waals surface area contributed by atoms with Crippen LogP contribution in [-0.2, 0) is 11.2 Å². The molecule has 1 atom stereocenters. The van der Waals surface area contributed by atoms with Crippen molar-refractivity contribution in [2.75, 3.05) is 44.2 Å². The van der Waals surface area contributed by atoms with Crippen LogP contribution in [0.15, 0.2) is 53.7 Å². The van der Waals surface area contributed by atoms with Gasteiger partial charge in [0.1, 0.15) is 16.8 Å². The van der Waals surface area contributed by atoms with E-state index in [0.29, 0.717) is 62.0 Å². The van der Waals surface area contributed by atoms with Gasteiger partial charge in [0.25, 0.3) is 5.91 Å². The van der Waals surface area contributed by atoms with E-state index in [-0.39, 0.29) is 40.2 Å². The number of nitrogens with zero attached hydrogens (tertiary/aromatic N) is 4. The van der Waals surface area contributed by atoms with Crippen LogP contribution in [0.25, 0.3) is 16.6 Å². The van der Waals surface area contributed by atoms with E-state index in [9.17, 15) is 14.4 Å². The van der Waals surface area contributed by atoms with E-state index in [2.05, 4.69) is 22.1 Å². The van der Waals surface area contributed by atoms with Gasteiger partial charge in [-0.05, 0) is 94.3 Å². The minimum Gasteiger partial charge on any atom is -0.451 e. The molecule has 0 aliphatic carbocycles. The van der Waals surface area contributed by atoms with Gasteiger partial charge < -0.3 is 34.3 Å². The number of hydrogen-bond donors (Lipinski definition) is 2. The summed E-state index contributed by atoms with van der Waals surface area (Å²) in [6, 6.07) is 8.99. The Morgan fingerprint density at radius 2 is 1.84 bits per heavy atom. The quantitative estimate of drug-likeness (QED) is 0.234. The smallest absolute Gasteiger partial charge is 0.259 e. The summed E-state index contributed by atoms with van der Waals surface area (Å²) in [5.74, 6) is -0.150. The number of carbonyl (C=O) groups excluding carboxylic acids is 2. The number of piperidine rings is 1. The highest BCUT2D eigenvalue weighted by Gasteiger charge is 2.35. The highest BCUT2D eigenvalue weighted by Crippen LogP contribution is 2.47. The Labute approximate surface area is 284 Å². The first-order valence-electron chi connectivity index (χ1n) is 17.7. The SMILES string of the molecule is Cc1c[nH]cc1CCCC(=O)NC1CCN(c2c(F)cc3c(=O)c(C(=O)N4CCC(N5CCCC5)CC4)cn4c3c2Oc2ccccc2-4)C1. The number of benzene rings is 2. The Bertz CT molecular complexity index is 1970. The van der Waals surface area contributed by atoms with Crippen molar-refractivity contribution in [2.45, 2.75) is 70.4 Å². The average molecular weight is 667 g/mol. The number of amides is 2. The fourth-order valence-corrected chi connectivity index (χ4v) is 8.28. The molecule has 2 aromatic heterocycles. The van der Waals surface area contributed by atoms with Crippen molar-refractivity contribution in [3.8, 4) is 17.2 Å². The molecule has 2 aromatic carbocycles. The van der Waals surface area contributed by atoms with E-state index >= 15 is 4.39 Å². The van der Waals surface area contributed by atoms with Crippen molar-refractivity contribution in [1.29, 1.82) is 0 Å². The van der Waals surface area contributed by atoms with Crippen molar-refractivity contribution < 1.29 is 18.7 Å². The molecule has 6 heterocycles. The molecule has 10 nitrogen and oxygen atoms in total. The summed E-state index contributed by atoms with van der Waals surface area (Å²) in [5.41, 5.74) is 3.34. The van der Waals surface area contributed by atoms with Crippen molar-refractivity contribution in [3.05, 3.63) is 81.7 Å². The molecule has 0 radical (unpaired) electrons. The second-order valence-electron chi connectivity index (χ2n) is 14.0. The Hall–Kier alpha value is -4.64. The molecule has 4 aliphatic heterocycles. The lowest BCUT2D eigenvalue weighted by Crippen LogP contribution is -2.46. The van der Waals surface area contributed by atoms with Crippen molar-refractivity contribution in [3.63, 3.8) is 0 Å². The zero-order chi connectivity index (χ0) is 33.6. The lowest BCUT2D eigenvalue weighted by Gasteiger charge is -2.36. The first-order valence-corrected chi connectivity index (χ1v) is 17.7. The topological polar surface area (TPSA) is 103 Å². The van der Waals surface area contributed by atoms with Gasteiger partial charge >= 0.3 is 0 Å². The molecule has 4 aliphatic rings. The molecule has 49 heavy (non-hydrogen) atoms. The predicted molar refractivity (Wildman–Crippen MR) is 187 cm³/mol. The molecule has 3 fully saturated rings. The number of likely N-dealkylation sites (tertiary alicyclic amines) is 2. The Morgan fingerprint density at radius 3 is 2.61 bits per heavy atom. The summed E-state index contributed by atoms with van der Waals surface area (Å²) in [4.78, 5) is 50.1. The summed E-state index contributed by atoms with van der Waals surface area (Å²) < 4.78 is 24.5. The average Bonchev–Trinajstić information content (AvgIpc) is 3.89. The molecule has 3 saturated heterocycles. The third-order valence-electron chi connectivity index (χ3n) is 10.9. The number of aromatic nitrogens is 2. The summed E-state index contributed by atoms with van der Waals surface area (Å²) in [7, 11) is 0. The maximum Gasteiger partial charge on any atom is 0.259 e. The first-order chi connectivity index (χ1) is 23.9. The van der Waals surface area contributed by atoms with Crippen LogP contribution in [0, 0.1) is 12.7 Å². The second-order valence-corrected chi connectivity index (χ2v) is 14.0. The minimum atomic E-state index is -0.588. The van der Waals surface area contributed by atoms with Crippen LogP contribution >= 0.6 is 0 Å². The van der Waals surface area contributed by atoms with Crippen molar-refractivity contribution in [1.82, 2.24) is 24.7 Å². The van der Waals surface area contributed by atoms with Crippen LogP contribution in [0.4, 0.5) is 10.1 Å². The number of fused-ring (bicyclic) bond motifs is 2. The summed E-state index contributed by atoms with van der Waals surface area (Å²) >= 11 is 0. The van der Waals surface area contributed by atoms with Crippen LogP contribution in [0.1, 0.15) is 66.4 Å². The maximum absolute atomic E-state index is 16.3. The van der Waals surface area contributed by atoms with Gasteiger partial charge in [-0.1, -0.05) is 12.1 Å². The number of H-pyrrole nitrogens is 1. The molecular weight excluding hydrogens is 623 g/mol. The fraction of sp³-hybridized carbons (Fsp3) is 0.447. The highest BCUT2D eigenvalue weighted by molar-refractivity contribution is 6.01. The summed E-state index contributed by atoms with van der Waals surface area (Å²) in [6.45, 7) is 6.40. The van der Waals surface area contributed by atoms with Crippen LogP contribution in [0.3, 0.4) is 0 Å². The number of aryl methyl sites for hydroxylation is 2. The lowest BCUT2D eigenvalue weighted by atomic mass is 10.0. The number of aromatic amines is 1.